The molecule has 0 aromatic heterocycles. The number of nitrogens with zero attached hydrogens (tertiary/aromatic N) is 1. The molecule has 0 aliphatic heterocycles. The number of thiocarbonyl (C=S) groups is 1. The molecule has 0 aliphatic carbocycles. The number of amides is 1. The maximum Gasteiger partial charge on any atom is 0.222 e. The van der Waals surface area contributed by atoms with Crippen molar-refractivity contribution in [3.63, 3.8) is 0 Å². The Labute approximate surface area is 125 Å². The summed E-state index contributed by atoms with van der Waals surface area (Å²) in [5.41, 5.74) is 6.63. The van der Waals surface area contributed by atoms with Crippen molar-refractivity contribution in [1.82, 2.24) is 4.90 Å². The average molecular weight is 294 g/mol. The van der Waals surface area contributed by atoms with Crippen molar-refractivity contribution in [3.8, 4) is 5.75 Å². The van der Waals surface area contributed by atoms with Crippen LogP contribution in [0.15, 0.2) is 24.3 Å². The average Bonchev–Trinajstić information content (AvgIpc) is 2.43. The number of ether oxygens (including phenoxy) is 1. The molecule has 0 spiro atoms. The Morgan fingerprint density at radius 3 is 2.50 bits per heavy atom. The third kappa shape index (κ3) is 5.17. The number of hydrogen-bond acceptors (Lipinski definition) is 3. The summed E-state index contributed by atoms with van der Waals surface area (Å²) in [6.45, 7) is 1.95. The van der Waals surface area contributed by atoms with Gasteiger partial charge in [-0.1, -0.05) is 24.4 Å². The highest BCUT2D eigenvalue weighted by molar-refractivity contribution is 7.80. The highest BCUT2D eigenvalue weighted by Gasteiger charge is 2.16. The van der Waals surface area contributed by atoms with Crippen LogP contribution >= 0.6 is 12.2 Å². The van der Waals surface area contributed by atoms with Crippen molar-refractivity contribution in [1.29, 1.82) is 0 Å². The first-order chi connectivity index (χ1) is 9.43. The maximum absolute atomic E-state index is 12.1. The van der Waals surface area contributed by atoms with Crippen LogP contribution in [-0.2, 0) is 11.2 Å². The molecule has 0 aliphatic rings. The van der Waals surface area contributed by atoms with Crippen molar-refractivity contribution in [3.05, 3.63) is 29.8 Å². The molecule has 0 fully saturated rings. The molecular weight excluding hydrogens is 272 g/mol. The smallest absolute Gasteiger partial charge is 0.222 e. The molecule has 1 rings (SSSR count). The van der Waals surface area contributed by atoms with Gasteiger partial charge in [-0.3, -0.25) is 4.79 Å². The second kappa shape index (κ2) is 7.85. The largest absolute Gasteiger partial charge is 0.497 e. The third-order valence-electron chi connectivity index (χ3n) is 3.34. The first-order valence-electron chi connectivity index (χ1n) is 6.61. The van der Waals surface area contributed by atoms with Crippen molar-refractivity contribution in [2.45, 2.75) is 32.2 Å². The monoisotopic (exact) mass is 294 g/mol. The summed E-state index contributed by atoms with van der Waals surface area (Å²) in [5.74, 6) is 0.923. The molecule has 1 amide bonds. The Kier molecular flexibility index (Phi) is 6.45. The summed E-state index contributed by atoms with van der Waals surface area (Å²) < 4.78 is 5.10. The molecule has 0 saturated carbocycles. The van der Waals surface area contributed by atoms with Crippen LogP contribution in [0, 0.1) is 0 Å². The van der Waals surface area contributed by atoms with E-state index in [1.165, 1.54) is 0 Å². The van der Waals surface area contributed by atoms with Gasteiger partial charge in [0.05, 0.1) is 12.1 Å². The van der Waals surface area contributed by atoms with Crippen LogP contribution in [0.3, 0.4) is 0 Å². The zero-order valence-electron chi connectivity index (χ0n) is 12.3. The first kappa shape index (κ1) is 16.4. The minimum absolute atomic E-state index is 0.0378. The van der Waals surface area contributed by atoms with Gasteiger partial charge in [-0.15, -0.1) is 0 Å². The molecule has 1 aromatic carbocycles. The number of hydrogen-bond donors (Lipinski definition) is 1. The van der Waals surface area contributed by atoms with Gasteiger partial charge < -0.3 is 15.4 Å². The molecule has 1 unspecified atom stereocenters. The SMILES string of the molecule is COc1ccc(CCC(=O)N(C)C(C)CC(N)=S)cc1. The van der Waals surface area contributed by atoms with Crippen molar-refractivity contribution in [2.24, 2.45) is 5.73 Å². The van der Waals surface area contributed by atoms with Gasteiger partial charge in [-0.2, -0.15) is 0 Å². The lowest BCUT2D eigenvalue weighted by Crippen LogP contribution is -2.37. The van der Waals surface area contributed by atoms with Crippen LogP contribution in [0.5, 0.6) is 5.75 Å². The quantitative estimate of drug-likeness (QED) is 0.783. The van der Waals surface area contributed by atoms with Crippen LogP contribution in [0.4, 0.5) is 0 Å². The zero-order chi connectivity index (χ0) is 15.1. The van der Waals surface area contributed by atoms with Crippen LogP contribution < -0.4 is 10.5 Å². The first-order valence-corrected chi connectivity index (χ1v) is 7.01. The number of methoxy groups -OCH3 is 1. The number of aryl methyl sites for hydroxylation is 1. The third-order valence-corrected chi connectivity index (χ3v) is 3.50. The number of carbonyl (C=O) groups excluding carboxylic acids is 1. The van der Waals surface area contributed by atoms with Gasteiger partial charge in [0.1, 0.15) is 5.75 Å². The topological polar surface area (TPSA) is 55.6 Å². The van der Waals surface area contributed by atoms with E-state index in [-0.39, 0.29) is 11.9 Å². The van der Waals surface area contributed by atoms with Gasteiger partial charge in [-0.05, 0) is 31.0 Å². The van der Waals surface area contributed by atoms with Gasteiger partial charge in [0.2, 0.25) is 5.91 Å². The highest BCUT2D eigenvalue weighted by Crippen LogP contribution is 2.13. The Bertz CT molecular complexity index is 459. The lowest BCUT2D eigenvalue weighted by atomic mass is 10.1. The summed E-state index contributed by atoms with van der Waals surface area (Å²) in [4.78, 5) is 14.2. The number of benzene rings is 1. The van der Waals surface area contributed by atoms with E-state index in [0.29, 0.717) is 24.3 Å². The molecule has 2 N–H and O–H groups in total. The van der Waals surface area contributed by atoms with Crippen LogP contribution in [0.1, 0.15) is 25.3 Å². The van der Waals surface area contributed by atoms with Crippen LogP contribution in [0.25, 0.3) is 0 Å². The molecule has 20 heavy (non-hydrogen) atoms. The Hall–Kier alpha value is -1.62. The fraction of sp³-hybridized carbons (Fsp3) is 0.467. The maximum atomic E-state index is 12.1. The summed E-state index contributed by atoms with van der Waals surface area (Å²) in [6.07, 6.45) is 1.75. The predicted molar refractivity (Wildman–Crippen MR) is 84.9 cm³/mol. The molecular formula is C15H22N2O2S. The normalized spacial score (nSPS) is 11.8. The molecule has 0 heterocycles. The van der Waals surface area contributed by atoms with Gasteiger partial charge in [0.25, 0.3) is 0 Å². The second-order valence-corrected chi connectivity index (χ2v) is 5.40. The van der Waals surface area contributed by atoms with Gasteiger partial charge in [0, 0.05) is 25.9 Å². The number of carbonyl (C=O) groups is 1. The fourth-order valence-corrected chi connectivity index (χ4v) is 2.13. The summed E-state index contributed by atoms with van der Waals surface area (Å²) in [6, 6.07) is 7.79. The highest BCUT2D eigenvalue weighted by atomic mass is 32.1. The summed E-state index contributed by atoms with van der Waals surface area (Å²) in [7, 11) is 3.43. The lowest BCUT2D eigenvalue weighted by Gasteiger charge is -2.24. The molecule has 0 radical (unpaired) electrons. The number of rotatable bonds is 7. The van der Waals surface area contributed by atoms with E-state index in [0.717, 1.165) is 11.3 Å². The second-order valence-electron chi connectivity index (χ2n) is 4.87. The molecule has 110 valence electrons. The van der Waals surface area contributed by atoms with E-state index >= 15 is 0 Å². The molecule has 5 heteroatoms. The van der Waals surface area contributed by atoms with E-state index in [4.69, 9.17) is 22.7 Å². The standard InChI is InChI=1S/C15H22N2O2S/c1-11(10-14(16)20)17(2)15(18)9-6-12-4-7-13(19-3)8-5-12/h4-5,7-8,11H,6,9-10H2,1-3H3,(H2,16,20). The molecule has 1 aromatic rings. The van der Waals surface area contributed by atoms with Crippen molar-refractivity contribution in [2.75, 3.05) is 14.2 Å². The molecule has 4 nitrogen and oxygen atoms in total. The minimum atomic E-state index is 0.0378. The predicted octanol–water partition coefficient (Wildman–Crippen LogP) is 2.15. The lowest BCUT2D eigenvalue weighted by molar-refractivity contribution is -0.131. The van der Waals surface area contributed by atoms with Gasteiger partial charge in [-0.25, -0.2) is 0 Å². The van der Waals surface area contributed by atoms with Gasteiger partial charge >= 0.3 is 0 Å². The Morgan fingerprint density at radius 1 is 1.40 bits per heavy atom. The minimum Gasteiger partial charge on any atom is -0.497 e. The number of nitrogens with two attached hydrogens (primary N) is 1. The molecule has 0 bridgehead atoms. The zero-order valence-corrected chi connectivity index (χ0v) is 13.1. The van der Waals surface area contributed by atoms with Crippen molar-refractivity contribution < 1.29 is 9.53 Å². The van der Waals surface area contributed by atoms with E-state index in [1.807, 2.05) is 31.2 Å². The van der Waals surface area contributed by atoms with E-state index in [1.54, 1.807) is 19.1 Å². The fourth-order valence-electron chi connectivity index (χ4n) is 1.89. The van der Waals surface area contributed by atoms with Crippen molar-refractivity contribution >= 4 is 23.1 Å². The van der Waals surface area contributed by atoms with Gasteiger partial charge in [0.15, 0.2) is 0 Å². The van der Waals surface area contributed by atoms with E-state index in [9.17, 15) is 4.79 Å². The summed E-state index contributed by atoms with van der Waals surface area (Å²) >= 11 is 4.87. The van der Waals surface area contributed by atoms with E-state index in [2.05, 4.69) is 0 Å². The van der Waals surface area contributed by atoms with E-state index < -0.39 is 0 Å². The molecule has 0 saturated heterocycles. The Morgan fingerprint density at radius 2 is 2.00 bits per heavy atom. The van der Waals surface area contributed by atoms with Crippen LogP contribution in [-0.4, -0.2) is 36.0 Å². The Balaban J connectivity index is 2.47. The summed E-state index contributed by atoms with van der Waals surface area (Å²) in [5, 5.41) is 0. The molecule has 1 atom stereocenters. The van der Waals surface area contributed by atoms with Crippen LogP contribution in [0.2, 0.25) is 0 Å².